The van der Waals surface area contributed by atoms with Gasteiger partial charge in [-0.05, 0) is 53.6 Å². The number of rotatable bonds is 5. The van der Waals surface area contributed by atoms with Crippen LogP contribution in [0.15, 0.2) is 41.1 Å². The summed E-state index contributed by atoms with van der Waals surface area (Å²) in [5.41, 5.74) is 0.683. The monoisotopic (exact) mass is 428 g/mol. The van der Waals surface area contributed by atoms with E-state index in [9.17, 15) is 14.4 Å². The third-order valence-corrected chi connectivity index (χ3v) is 6.42. The van der Waals surface area contributed by atoms with Gasteiger partial charge in [-0.15, -0.1) is 0 Å². The molecule has 9 heteroatoms. The molecule has 2 aliphatic rings. The summed E-state index contributed by atoms with van der Waals surface area (Å²) in [5.74, 6) is 0.189. The molecular weight excluding hydrogens is 404 g/mol. The van der Waals surface area contributed by atoms with Crippen LogP contribution in [0.4, 0.5) is 10.5 Å². The van der Waals surface area contributed by atoms with Crippen molar-refractivity contribution in [3.8, 4) is 5.75 Å². The molecule has 1 aromatic carbocycles. The molecule has 3 heterocycles. The van der Waals surface area contributed by atoms with E-state index in [1.165, 1.54) is 11.3 Å². The van der Waals surface area contributed by atoms with Crippen molar-refractivity contribution in [1.29, 1.82) is 0 Å². The maximum absolute atomic E-state index is 12.9. The molecule has 1 aromatic heterocycles. The van der Waals surface area contributed by atoms with Crippen molar-refractivity contribution in [2.45, 2.75) is 12.5 Å². The van der Waals surface area contributed by atoms with Crippen LogP contribution in [-0.4, -0.2) is 67.5 Å². The van der Waals surface area contributed by atoms with Gasteiger partial charge in [-0.3, -0.25) is 14.5 Å². The van der Waals surface area contributed by atoms with Gasteiger partial charge in [-0.2, -0.15) is 11.3 Å². The molecule has 2 fully saturated rings. The summed E-state index contributed by atoms with van der Waals surface area (Å²) in [7, 11) is 1.63. The van der Waals surface area contributed by atoms with Crippen LogP contribution in [0, 0.1) is 0 Å². The van der Waals surface area contributed by atoms with Gasteiger partial charge in [0.2, 0.25) is 5.91 Å². The Morgan fingerprint density at radius 1 is 1.13 bits per heavy atom. The second kappa shape index (κ2) is 7.98. The Labute approximate surface area is 179 Å². The molecule has 30 heavy (non-hydrogen) atoms. The lowest BCUT2D eigenvalue weighted by Gasteiger charge is -2.36. The highest BCUT2D eigenvalue weighted by molar-refractivity contribution is 7.08. The summed E-state index contributed by atoms with van der Waals surface area (Å²) >= 11 is 1.46. The van der Waals surface area contributed by atoms with Gasteiger partial charge in [0.05, 0.1) is 7.11 Å². The minimum atomic E-state index is -1.12. The van der Waals surface area contributed by atoms with Crippen molar-refractivity contribution in [2.24, 2.45) is 0 Å². The van der Waals surface area contributed by atoms with Gasteiger partial charge in [0.25, 0.3) is 5.91 Å². The Hall–Kier alpha value is -3.07. The molecule has 1 atom stereocenters. The van der Waals surface area contributed by atoms with Gasteiger partial charge < -0.3 is 19.9 Å². The van der Waals surface area contributed by atoms with Crippen molar-refractivity contribution < 1.29 is 19.1 Å². The standard InChI is InChI=1S/C21H24N4O4S/c1-21(15-7-12-30-14-15)19(27)25(20(28)22-21)13-18(26)24-10-8-23(9-11-24)16-3-5-17(29-2)6-4-16/h3-7,12,14H,8-11,13H2,1-2H3,(H,22,28). The SMILES string of the molecule is COc1ccc(N2CCN(C(=O)CN3C(=O)NC(C)(c4ccsc4)C3=O)CC2)cc1. The highest BCUT2D eigenvalue weighted by Gasteiger charge is 2.50. The number of nitrogens with zero attached hydrogens (tertiary/aromatic N) is 3. The molecule has 0 spiro atoms. The molecule has 0 bridgehead atoms. The van der Waals surface area contributed by atoms with Gasteiger partial charge in [0, 0.05) is 31.9 Å². The number of urea groups is 1. The summed E-state index contributed by atoms with van der Waals surface area (Å²) in [6, 6.07) is 9.10. The third-order valence-electron chi connectivity index (χ3n) is 5.74. The lowest BCUT2D eigenvalue weighted by molar-refractivity contribution is -0.139. The highest BCUT2D eigenvalue weighted by Crippen LogP contribution is 2.30. The Morgan fingerprint density at radius 3 is 2.43 bits per heavy atom. The van der Waals surface area contributed by atoms with Gasteiger partial charge in [0.1, 0.15) is 17.8 Å². The first-order chi connectivity index (χ1) is 14.4. The quantitative estimate of drug-likeness (QED) is 0.736. The maximum Gasteiger partial charge on any atom is 0.325 e. The molecule has 0 aliphatic carbocycles. The number of carbonyl (C=O) groups is 3. The van der Waals surface area contributed by atoms with Gasteiger partial charge in [-0.1, -0.05) is 0 Å². The first-order valence-electron chi connectivity index (χ1n) is 9.76. The summed E-state index contributed by atoms with van der Waals surface area (Å²) < 4.78 is 5.19. The number of amides is 4. The molecule has 2 aliphatic heterocycles. The summed E-state index contributed by atoms with van der Waals surface area (Å²) in [4.78, 5) is 43.0. The third kappa shape index (κ3) is 3.60. The van der Waals surface area contributed by atoms with Crippen molar-refractivity contribution in [1.82, 2.24) is 15.1 Å². The first-order valence-corrected chi connectivity index (χ1v) is 10.7. The average molecular weight is 429 g/mol. The fraction of sp³-hybridized carbons (Fsp3) is 0.381. The van der Waals surface area contributed by atoms with Gasteiger partial charge in [0.15, 0.2) is 0 Å². The van der Waals surface area contributed by atoms with Crippen LogP contribution in [0.5, 0.6) is 5.75 Å². The van der Waals surface area contributed by atoms with E-state index >= 15 is 0 Å². The van der Waals surface area contributed by atoms with Crippen LogP contribution >= 0.6 is 11.3 Å². The molecule has 2 saturated heterocycles. The number of thiophene rings is 1. The Kier molecular flexibility index (Phi) is 5.38. The normalized spacial score (nSPS) is 21.7. The van der Waals surface area contributed by atoms with Crippen molar-refractivity contribution in [3.05, 3.63) is 46.7 Å². The zero-order valence-electron chi connectivity index (χ0n) is 17.0. The largest absolute Gasteiger partial charge is 0.497 e. The number of hydrogen-bond donors (Lipinski definition) is 1. The van der Waals surface area contributed by atoms with E-state index in [1.807, 2.05) is 41.1 Å². The molecule has 2 aromatic rings. The highest BCUT2D eigenvalue weighted by atomic mass is 32.1. The number of benzene rings is 1. The van der Waals surface area contributed by atoms with E-state index in [-0.39, 0.29) is 12.5 Å². The van der Waals surface area contributed by atoms with Gasteiger partial charge >= 0.3 is 6.03 Å². The lowest BCUT2D eigenvalue weighted by atomic mass is 9.95. The van der Waals surface area contributed by atoms with Crippen LogP contribution in [0.2, 0.25) is 0 Å². The van der Waals surface area contributed by atoms with Gasteiger partial charge in [-0.25, -0.2) is 4.79 Å². The topological polar surface area (TPSA) is 82.2 Å². The van der Waals surface area contributed by atoms with E-state index in [0.29, 0.717) is 26.2 Å². The summed E-state index contributed by atoms with van der Waals surface area (Å²) in [5, 5.41) is 6.43. The minimum absolute atomic E-state index is 0.220. The fourth-order valence-electron chi connectivity index (χ4n) is 3.83. The zero-order chi connectivity index (χ0) is 21.3. The Balaban J connectivity index is 1.36. The second-order valence-electron chi connectivity index (χ2n) is 7.52. The Bertz CT molecular complexity index is 938. The van der Waals surface area contributed by atoms with Crippen molar-refractivity contribution >= 4 is 34.9 Å². The molecule has 0 saturated carbocycles. The maximum atomic E-state index is 12.9. The summed E-state index contributed by atoms with van der Waals surface area (Å²) in [6.07, 6.45) is 0. The van der Waals surface area contributed by atoms with Crippen molar-refractivity contribution in [2.75, 3.05) is 44.7 Å². The number of nitrogens with one attached hydrogen (secondary N) is 1. The van der Waals surface area contributed by atoms with E-state index in [4.69, 9.17) is 4.74 Å². The predicted octanol–water partition coefficient (Wildman–Crippen LogP) is 1.87. The van der Waals surface area contributed by atoms with Crippen LogP contribution < -0.4 is 15.0 Å². The number of piperazine rings is 1. The molecule has 158 valence electrons. The van der Waals surface area contributed by atoms with Crippen molar-refractivity contribution in [3.63, 3.8) is 0 Å². The number of ether oxygens (including phenoxy) is 1. The molecule has 0 radical (unpaired) electrons. The second-order valence-corrected chi connectivity index (χ2v) is 8.30. The molecule has 1 N–H and O–H groups in total. The summed E-state index contributed by atoms with van der Waals surface area (Å²) in [6.45, 7) is 3.88. The van der Waals surface area contributed by atoms with E-state index in [1.54, 1.807) is 18.9 Å². The molecule has 1 unspecified atom stereocenters. The fourth-order valence-corrected chi connectivity index (χ4v) is 4.59. The number of methoxy groups -OCH3 is 1. The number of imide groups is 1. The minimum Gasteiger partial charge on any atom is -0.497 e. The average Bonchev–Trinajstić information content (AvgIpc) is 3.38. The molecule has 8 nitrogen and oxygen atoms in total. The molecule has 4 rings (SSSR count). The first kappa shape index (κ1) is 20.2. The van der Waals surface area contributed by atoms with E-state index in [0.717, 1.165) is 21.9 Å². The smallest absolute Gasteiger partial charge is 0.325 e. The van der Waals surface area contributed by atoms with E-state index in [2.05, 4.69) is 10.2 Å². The zero-order valence-corrected chi connectivity index (χ0v) is 17.8. The van der Waals surface area contributed by atoms with Crippen LogP contribution in [0.3, 0.4) is 0 Å². The number of carbonyl (C=O) groups excluding carboxylic acids is 3. The number of anilines is 1. The number of hydrogen-bond acceptors (Lipinski definition) is 6. The Morgan fingerprint density at radius 2 is 1.83 bits per heavy atom. The van der Waals surface area contributed by atoms with Crippen LogP contribution in [0.1, 0.15) is 12.5 Å². The van der Waals surface area contributed by atoms with Crippen LogP contribution in [0.25, 0.3) is 0 Å². The molecule has 4 amide bonds. The lowest BCUT2D eigenvalue weighted by Crippen LogP contribution is -2.52. The van der Waals surface area contributed by atoms with Crippen LogP contribution in [-0.2, 0) is 15.1 Å². The predicted molar refractivity (Wildman–Crippen MR) is 114 cm³/mol. The van der Waals surface area contributed by atoms with E-state index < -0.39 is 17.5 Å². The molecular formula is C21H24N4O4S.